The molecule has 0 saturated carbocycles. The lowest BCUT2D eigenvalue weighted by Crippen LogP contribution is -2.19. The Labute approximate surface area is 122 Å². The maximum Gasteiger partial charge on any atom is 0.119 e. The van der Waals surface area contributed by atoms with Crippen molar-refractivity contribution in [1.29, 1.82) is 0 Å². The molecule has 2 nitrogen and oxygen atoms in total. The van der Waals surface area contributed by atoms with Gasteiger partial charge in [0, 0.05) is 6.04 Å². The highest BCUT2D eigenvalue weighted by molar-refractivity contribution is 7.98. The highest BCUT2D eigenvalue weighted by Crippen LogP contribution is 2.18. The van der Waals surface area contributed by atoms with Gasteiger partial charge in [0.25, 0.3) is 0 Å². The summed E-state index contributed by atoms with van der Waals surface area (Å²) >= 11 is 1.94. The molecule has 0 heterocycles. The Bertz CT molecular complexity index is 343. The normalized spacial score (nSPS) is 12.4. The molecule has 0 saturated heterocycles. The predicted molar refractivity (Wildman–Crippen MR) is 86.3 cm³/mol. The molecule has 1 aromatic rings. The maximum absolute atomic E-state index is 5.26. The molecule has 0 aliphatic rings. The molecule has 3 heteroatoms. The van der Waals surface area contributed by atoms with Crippen LogP contribution >= 0.6 is 11.8 Å². The van der Waals surface area contributed by atoms with Crippen LogP contribution in [-0.4, -0.2) is 25.7 Å². The number of benzene rings is 1. The molecular formula is C16H27NOS. The van der Waals surface area contributed by atoms with Crippen molar-refractivity contribution in [3.63, 3.8) is 0 Å². The Morgan fingerprint density at radius 1 is 1.21 bits per heavy atom. The van der Waals surface area contributed by atoms with Crippen molar-refractivity contribution in [1.82, 2.24) is 5.32 Å². The number of ether oxygens (including phenoxy) is 1. The smallest absolute Gasteiger partial charge is 0.119 e. The summed E-state index contributed by atoms with van der Waals surface area (Å²) in [5.41, 5.74) is 1.29. The molecule has 0 aliphatic carbocycles. The lowest BCUT2D eigenvalue weighted by molar-refractivity contribution is 0.413. The van der Waals surface area contributed by atoms with Gasteiger partial charge in [-0.2, -0.15) is 11.8 Å². The average molecular weight is 281 g/mol. The third-order valence-corrected chi connectivity index (χ3v) is 4.02. The molecule has 1 atom stereocenters. The Morgan fingerprint density at radius 3 is 2.74 bits per heavy atom. The maximum atomic E-state index is 5.26. The van der Waals surface area contributed by atoms with Crippen LogP contribution in [0.15, 0.2) is 24.3 Å². The van der Waals surface area contributed by atoms with Crippen LogP contribution in [0.25, 0.3) is 0 Å². The van der Waals surface area contributed by atoms with Gasteiger partial charge >= 0.3 is 0 Å². The first-order valence-electron chi connectivity index (χ1n) is 7.14. The van der Waals surface area contributed by atoms with E-state index in [0.717, 1.165) is 12.3 Å². The fourth-order valence-corrected chi connectivity index (χ4v) is 2.57. The second-order valence-electron chi connectivity index (χ2n) is 4.86. The summed E-state index contributed by atoms with van der Waals surface area (Å²) in [6.45, 7) is 3.31. The Kier molecular flexibility index (Phi) is 8.76. The molecule has 19 heavy (non-hydrogen) atoms. The van der Waals surface area contributed by atoms with Crippen LogP contribution in [0.5, 0.6) is 5.75 Å². The van der Waals surface area contributed by atoms with E-state index in [-0.39, 0.29) is 0 Å². The van der Waals surface area contributed by atoms with Crippen molar-refractivity contribution in [2.45, 2.75) is 38.6 Å². The summed E-state index contributed by atoms with van der Waals surface area (Å²) < 4.78 is 5.26. The molecule has 0 aromatic heterocycles. The second kappa shape index (κ2) is 10.2. The van der Waals surface area contributed by atoms with E-state index in [2.05, 4.69) is 36.7 Å². The van der Waals surface area contributed by atoms with Gasteiger partial charge in [-0.25, -0.2) is 0 Å². The summed E-state index contributed by atoms with van der Waals surface area (Å²) in [5, 5.41) is 3.58. The Morgan fingerprint density at radius 2 is 2.00 bits per heavy atom. The number of thioether (sulfide) groups is 1. The van der Waals surface area contributed by atoms with Crippen molar-refractivity contribution in [2.75, 3.05) is 25.7 Å². The van der Waals surface area contributed by atoms with Crippen LogP contribution in [0, 0.1) is 0 Å². The number of rotatable bonds is 10. The highest BCUT2D eigenvalue weighted by atomic mass is 32.2. The van der Waals surface area contributed by atoms with Crippen LogP contribution in [0.2, 0.25) is 0 Å². The highest BCUT2D eigenvalue weighted by Gasteiger charge is 2.05. The first kappa shape index (κ1) is 16.4. The molecule has 0 fully saturated rings. The van der Waals surface area contributed by atoms with Gasteiger partial charge in [-0.05, 0) is 56.0 Å². The fraction of sp³-hybridized carbons (Fsp3) is 0.625. The van der Waals surface area contributed by atoms with E-state index in [1.165, 1.54) is 37.0 Å². The molecule has 0 radical (unpaired) electrons. The first-order chi connectivity index (χ1) is 9.27. The van der Waals surface area contributed by atoms with Crippen LogP contribution in [0.1, 0.15) is 44.2 Å². The molecule has 1 N–H and O–H groups in total. The summed E-state index contributed by atoms with van der Waals surface area (Å²) in [6, 6.07) is 8.69. The summed E-state index contributed by atoms with van der Waals surface area (Å²) in [5.74, 6) is 2.23. The number of hydrogen-bond donors (Lipinski definition) is 1. The minimum Gasteiger partial charge on any atom is -0.497 e. The minimum absolute atomic E-state index is 0.390. The monoisotopic (exact) mass is 281 g/mol. The Hall–Kier alpha value is -0.670. The number of methoxy groups -OCH3 is 1. The van der Waals surface area contributed by atoms with E-state index in [1.54, 1.807) is 7.11 Å². The van der Waals surface area contributed by atoms with Gasteiger partial charge in [0.15, 0.2) is 0 Å². The van der Waals surface area contributed by atoms with Crippen LogP contribution < -0.4 is 10.1 Å². The minimum atomic E-state index is 0.390. The van der Waals surface area contributed by atoms with Crippen molar-refractivity contribution in [2.24, 2.45) is 0 Å². The van der Waals surface area contributed by atoms with Crippen molar-refractivity contribution >= 4 is 11.8 Å². The summed E-state index contributed by atoms with van der Waals surface area (Å²) in [7, 11) is 1.71. The van der Waals surface area contributed by atoms with Crippen LogP contribution in [-0.2, 0) is 0 Å². The van der Waals surface area contributed by atoms with Gasteiger partial charge in [-0.1, -0.05) is 25.0 Å². The van der Waals surface area contributed by atoms with Gasteiger partial charge < -0.3 is 10.1 Å². The number of unbranched alkanes of at least 4 members (excludes halogenated alkanes) is 3. The molecule has 0 bridgehead atoms. The zero-order valence-corrected chi connectivity index (χ0v) is 13.3. The van der Waals surface area contributed by atoms with Gasteiger partial charge in [-0.15, -0.1) is 0 Å². The fourth-order valence-electron chi connectivity index (χ4n) is 2.07. The van der Waals surface area contributed by atoms with E-state index in [9.17, 15) is 0 Å². The molecule has 0 amide bonds. The van der Waals surface area contributed by atoms with Crippen LogP contribution in [0.3, 0.4) is 0 Å². The quantitative estimate of drug-likeness (QED) is 0.647. The largest absolute Gasteiger partial charge is 0.497 e. The van der Waals surface area contributed by atoms with Crippen molar-refractivity contribution < 1.29 is 4.74 Å². The molecule has 1 aromatic carbocycles. The van der Waals surface area contributed by atoms with Crippen molar-refractivity contribution in [3.8, 4) is 5.75 Å². The molecule has 108 valence electrons. The molecule has 1 unspecified atom stereocenters. The summed E-state index contributed by atoms with van der Waals surface area (Å²) in [4.78, 5) is 0. The number of nitrogens with one attached hydrogen (secondary N) is 1. The third-order valence-electron chi connectivity index (χ3n) is 3.32. The lowest BCUT2D eigenvalue weighted by Gasteiger charge is -2.15. The van der Waals surface area contributed by atoms with Gasteiger partial charge in [0.2, 0.25) is 0 Å². The van der Waals surface area contributed by atoms with Crippen molar-refractivity contribution in [3.05, 3.63) is 29.8 Å². The zero-order chi connectivity index (χ0) is 13.9. The van der Waals surface area contributed by atoms with E-state index in [0.29, 0.717) is 6.04 Å². The lowest BCUT2D eigenvalue weighted by atomic mass is 10.1. The first-order valence-corrected chi connectivity index (χ1v) is 8.53. The third kappa shape index (κ3) is 6.88. The van der Waals surface area contributed by atoms with E-state index in [4.69, 9.17) is 4.74 Å². The standard InChI is InChI=1S/C16H27NOS/c1-14(15-9-8-10-16(13-15)18-2)17-11-6-4-5-7-12-19-3/h8-10,13-14,17H,4-7,11-12H2,1-3H3. The van der Waals surface area contributed by atoms with Gasteiger partial charge in [0.1, 0.15) is 5.75 Å². The summed E-state index contributed by atoms with van der Waals surface area (Å²) in [6.07, 6.45) is 7.49. The Balaban J connectivity index is 2.18. The molecule has 1 rings (SSSR count). The topological polar surface area (TPSA) is 21.3 Å². The van der Waals surface area contributed by atoms with E-state index in [1.807, 2.05) is 17.8 Å². The molecule has 0 spiro atoms. The van der Waals surface area contributed by atoms with E-state index >= 15 is 0 Å². The number of hydrogen-bond acceptors (Lipinski definition) is 3. The second-order valence-corrected chi connectivity index (χ2v) is 5.85. The zero-order valence-electron chi connectivity index (χ0n) is 12.4. The van der Waals surface area contributed by atoms with Gasteiger partial charge in [-0.3, -0.25) is 0 Å². The van der Waals surface area contributed by atoms with Crippen LogP contribution in [0.4, 0.5) is 0 Å². The average Bonchev–Trinajstić information content (AvgIpc) is 2.46. The van der Waals surface area contributed by atoms with Gasteiger partial charge in [0.05, 0.1) is 7.11 Å². The molecule has 0 aliphatic heterocycles. The van der Waals surface area contributed by atoms with E-state index < -0.39 is 0 Å². The SMILES string of the molecule is COc1cccc(C(C)NCCCCCCSC)c1. The predicted octanol–water partition coefficient (Wildman–Crippen LogP) is 4.27. The molecular weight excluding hydrogens is 254 g/mol.